The number of hydrogen-bond donors (Lipinski definition) is 1. The molecule has 1 heterocycles. The van der Waals surface area contributed by atoms with Crippen molar-refractivity contribution in [2.24, 2.45) is 0 Å². The summed E-state index contributed by atoms with van der Waals surface area (Å²) in [7, 11) is 0. The summed E-state index contributed by atoms with van der Waals surface area (Å²) in [5, 5.41) is 2.70. The van der Waals surface area contributed by atoms with Gasteiger partial charge >= 0.3 is 0 Å². The fourth-order valence-corrected chi connectivity index (χ4v) is 3.54. The number of nitrogens with one attached hydrogen (secondary N) is 1. The van der Waals surface area contributed by atoms with E-state index in [-0.39, 0.29) is 17.7 Å². The number of piperazine rings is 1. The van der Waals surface area contributed by atoms with Crippen molar-refractivity contribution in [3.05, 3.63) is 77.9 Å². The highest BCUT2D eigenvalue weighted by atomic mass is 16.5. The molecule has 3 amide bonds. The third kappa shape index (κ3) is 5.97. The number of carbonyl (C=O) groups is 3. The highest BCUT2D eigenvalue weighted by molar-refractivity contribution is 5.94. The quantitative estimate of drug-likeness (QED) is 0.678. The van der Waals surface area contributed by atoms with Crippen LogP contribution in [-0.4, -0.2) is 59.8 Å². The van der Waals surface area contributed by atoms with Crippen LogP contribution in [0.15, 0.2) is 61.2 Å². The lowest BCUT2D eigenvalue weighted by molar-refractivity contribution is -0.139. The monoisotopic (exact) mass is 435 g/mol. The van der Waals surface area contributed by atoms with Gasteiger partial charge in [-0.3, -0.25) is 14.4 Å². The molecule has 1 N–H and O–H groups in total. The van der Waals surface area contributed by atoms with Gasteiger partial charge in [-0.15, -0.1) is 0 Å². The predicted octanol–water partition coefficient (Wildman–Crippen LogP) is 2.55. The summed E-state index contributed by atoms with van der Waals surface area (Å²) in [4.78, 5) is 40.3. The molecule has 0 bridgehead atoms. The van der Waals surface area contributed by atoms with Gasteiger partial charge in [0.05, 0.1) is 0 Å². The van der Waals surface area contributed by atoms with Gasteiger partial charge in [0.1, 0.15) is 5.75 Å². The molecule has 0 aliphatic carbocycles. The van der Waals surface area contributed by atoms with Crippen molar-refractivity contribution >= 4 is 17.7 Å². The summed E-state index contributed by atoms with van der Waals surface area (Å²) in [6.07, 6.45) is 0.630. The number of benzene rings is 2. The minimum absolute atomic E-state index is 0.0668. The number of rotatable bonds is 7. The Morgan fingerprint density at radius 1 is 1.06 bits per heavy atom. The highest BCUT2D eigenvalue weighted by Crippen LogP contribution is 2.16. The van der Waals surface area contributed by atoms with Gasteiger partial charge in [-0.1, -0.05) is 30.8 Å². The van der Waals surface area contributed by atoms with Crippen LogP contribution in [0.1, 0.15) is 28.4 Å². The van der Waals surface area contributed by atoms with Gasteiger partial charge in [-0.2, -0.15) is 0 Å². The fraction of sp³-hybridized carbons (Fsp3) is 0.320. The van der Waals surface area contributed by atoms with Gasteiger partial charge in [-0.05, 0) is 55.3 Å². The molecule has 1 aliphatic heterocycles. The van der Waals surface area contributed by atoms with E-state index in [2.05, 4.69) is 11.9 Å². The number of nitrogens with zero attached hydrogens (tertiary/aromatic N) is 2. The van der Waals surface area contributed by atoms with Crippen LogP contribution in [0.2, 0.25) is 0 Å². The molecular formula is C25H29N3O4. The van der Waals surface area contributed by atoms with Gasteiger partial charge < -0.3 is 19.9 Å². The Labute approximate surface area is 188 Å². The molecule has 0 radical (unpaired) electrons. The number of ether oxygens (including phenoxy) is 1. The standard InChI is InChI=1S/C25H29N3O4/c1-4-23(29)26-17-20-8-10-21(11-9-20)25(31)28-14-12-27(13-15-28)24(30)19(3)32-22-7-5-6-18(2)16-22/h4-11,16,19H,1,12-15,17H2,2-3H3,(H,26,29). The van der Waals surface area contributed by atoms with Crippen LogP contribution in [0.3, 0.4) is 0 Å². The largest absolute Gasteiger partial charge is 0.481 e. The van der Waals surface area contributed by atoms with E-state index in [0.29, 0.717) is 44.0 Å². The Kier molecular flexibility index (Phi) is 7.65. The first-order valence-corrected chi connectivity index (χ1v) is 10.7. The number of carbonyl (C=O) groups excluding carboxylic acids is 3. The minimum atomic E-state index is -0.590. The molecule has 0 saturated carbocycles. The fourth-order valence-electron chi connectivity index (χ4n) is 3.54. The molecule has 0 spiro atoms. The number of hydrogen-bond acceptors (Lipinski definition) is 4. The predicted molar refractivity (Wildman–Crippen MR) is 122 cm³/mol. The zero-order valence-corrected chi connectivity index (χ0v) is 18.5. The Balaban J connectivity index is 1.50. The first-order valence-electron chi connectivity index (χ1n) is 10.7. The second-order valence-corrected chi connectivity index (χ2v) is 7.81. The summed E-state index contributed by atoms with van der Waals surface area (Å²) >= 11 is 0. The Hall–Kier alpha value is -3.61. The normalized spacial score (nSPS) is 14.4. The summed E-state index contributed by atoms with van der Waals surface area (Å²) in [5.41, 5.74) is 2.55. The first-order chi connectivity index (χ1) is 15.4. The lowest BCUT2D eigenvalue weighted by atomic mass is 10.1. The van der Waals surface area contributed by atoms with Crippen LogP contribution >= 0.6 is 0 Å². The third-order valence-electron chi connectivity index (χ3n) is 5.38. The zero-order chi connectivity index (χ0) is 23.1. The molecule has 1 unspecified atom stereocenters. The van der Waals surface area contributed by atoms with Crippen molar-refractivity contribution in [3.8, 4) is 5.75 Å². The van der Waals surface area contributed by atoms with E-state index in [9.17, 15) is 14.4 Å². The molecule has 7 nitrogen and oxygen atoms in total. The molecule has 168 valence electrons. The molecule has 3 rings (SSSR count). The van der Waals surface area contributed by atoms with Gasteiger partial charge in [0.15, 0.2) is 6.10 Å². The summed E-state index contributed by atoms with van der Waals surface area (Å²) in [5.74, 6) is 0.288. The maximum absolute atomic E-state index is 12.8. The molecule has 1 saturated heterocycles. The van der Waals surface area contributed by atoms with Crippen molar-refractivity contribution in [1.82, 2.24) is 15.1 Å². The van der Waals surface area contributed by atoms with Crippen LogP contribution in [0, 0.1) is 6.92 Å². The molecule has 1 aliphatic rings. The summed E-state index contributed by atoms with van der Waals surface area (Å²) in [6.45, 7) is 9.40. The van der Waals surface area contributed by atoms with Gasteiger partial charge in [0.25, 0.3) is 11.8 Å². The maximum atomic E-state index is 12.8. The molecule has 1 fully saturated rings. The summed E-state index contributed by atoms with van der Waals surface area (Å²) < 4.78 is 5.80. The summed E-state index contributed by atoms with van der Waals surface area (Å²) in [6, 6.07) is 14.8. The van der Waals surface area contributed by atoms with E-state index in [1.807, 2.05) is 43.3 Å². The van der Waals surface area contributed by atoms with Gasteiger partial charge in [0, 0.05) is 38.3 Å². The molecule has 0 aromatic heterocycles. The Morgan fingerprint density at radius 3 is 2.34 bits per heavy atom. The lowest BCUT2D eigenvalue weighted by Gasteiger charge is -2.36. The molecular weight excluding hydrogens is 406 g/mol. The molecule has 7 heteroatoms. The van der Waals surface area contributed by atoms with E-state index >= 15 is 0 Å². The second-order valence-electron chi connectivity index (χ2n) is 7.81. The van der Waals surface area contributed by atoms with Gasteiger partial charge in [0.2, 0.25) is 5.91 Å². The number of aryl methyl sites for hydroxylation is 1. The highest BCUT2D eigenvalue weighted by Gasteiger charge is 2.28. The SMILES string of the molecule is C=CC(=O)NCc1ccc(C(=O)N2CCN(C(=O)C(C)Oc3cccc(C)c3)CC2)cc1. The average molecular weight is 436 g/mol. The van der Waals surface area contributed by atoms with E-state index in [0.717, 1.165) is 11.1 Å². The smallest absolute Gasteiger partial charge is 0.263 e. The maximum Gasteiger partial charge on any atom is 0.263 e. The zero-order valence-electron chi connectivity index (χ0n) is 18.5. The first kappa shape index (κ1) is 23.1. The van der Waals surface area contributed by atoms with Crippen molar-refractivity contribution in [1.29, 1.82) is 0 Å². The lowest BCUT2D eigenvalue weighted by Crippen LogP contribution is -2.53. The van der Waals surface area contributed by atoms with Crippen LogP contribution in [0.4, 0.5) is 0 Å². The van der Waals surface area contributed by atoms with Crippen molar-refractivity contribution in [2.75, 3.05) is 26.2 Å². The van der Waals surface area contributed by atoms with Crippen LogP contribution in [-0.2, 0) is 16.1 Å². The van der Waals surface area contributed by atoms with Crippen LogP contribution in [0.5, 0.6) is 5.75 Å². The average Bonchev–Trinajstić information content (AvgIpc) is 2.82. The van der Waals surface area contributed by atoms with E-state index in [1.54, 1.807) is 28.9 Å². The minimum Gasteiger partial charge on any atom is -0.481 e. The second kappa shape index (κ2) is 10.6. The Bertz CT molecular complexity index is 979. The Morgan fingerprint density at radius 2 is 1.72 bits per heavy atom. The third-order valence-corrected chi connectivity index (χ3v) is 5.38. The van der Waals surface area contributed by atoms with E-state index in [4.69, 9.17) is 4.74 Å². The van der Waals surface area contributed by atoms with Crippen molar-refractivity contribution in [3.63, 3.8) is 0 Å². The molecule has 1 atom stereocenters. The van der Waals surface area contributed by atoms with Crippen LogP contribution < -0.4 is 10.1 Å². The van der Waals surface area contributed by atoms with E-state index in [1.165, 1.54) is 6.08 Å². The van der Waals surface area contributed by atoms with Crippen LogP contribution in [0.25, 0.3) is 0 Å². The number of amides is 3. The van der Waals surface area contributed by atoms with E-state index < -0.39 is 6.10 Å². The molecule has 2 aromatic rings. The molecule has 32 heavy (non-hydrogen) atoms. The topological polar surface area (TPSA) is 79.0 Å². The van der Waals surface area contributed by atoms with Gasteiger partial charge in [-0.25, -0.2) is 0 Å². The van der Waals surface area contributed by atoms with Crippen molar-refractivity contribution in [2.45, 2.75) is 26.5 Å². The van der Waals surface area contributed by atoms with Crippen molar-refractivity contribution < 1.29 is 19.1 Å². The molecule has 2 aromatic carbocycles.